The highest BCUT2D eigenvalue weighted by atomic mass is 16.5. The summed E-state index contributed by atoms with van der Waals surface area (Å²) >= 11 is 0. The zero-order valence-corrected chi connectivity index (χ0v) is 16.1. The van der Waals surface area contributed by atoms with Crippen LogP contribution in [-0.4, -0.2) is 58.8 Å². The number of aromatic nitrogens is 2. The highest BCUT2D eigenvalue weighted by molar-refractivity contribution is 5.91. The standard InChI is InChI=1S/C19H23N3O6/c1-12-8-22(9-13(2)27-12)18(23)11-26-19(24)15-4-6-16(7-5-15)25-10-17-20-14(3)28-21-17/h4-7,12-13H,8-11H2,1-3H3. The van der Waals surface area contributed by atoms with Gasteiger partial charge in [-0.15, -0.1) is 0 Å². The van der Waals surface area contributed by atoms with Crippen LogP contribution in [0.15, 0.2) is 28.8 Å². The fourth-order valence-corrected chi connectivity index (χ4v) is 2.92. The van der Waals surface area contributed by atoms with Crippen molar-refractivity contribution < 1.29 is 28.3 Å². The van der Waals surface area contributed by atoms with Gasteiger partial charge in [-0.05, 0) is 38.1 Å². The molecule has 1 aromatic carbocycles. The van der Waals surface area contributed by atoms with E-state index in [0.29, 0.717) is 36.1 Å². The summed E-state index contributed by atoms with van der Waals surface area (Å²) in [6.45, 7) is 6.36. The number of amides is 1. The second-order valence-corrected chi connectivity index (χ2v) is 6.67. The maximum atomic E-state index is 12.3. The molecule has 1 amide bonds. The maximum Gasteiger partial charge on any atom is 0.338 e. The number of esters is 1. The van der Waals surface area contributed by atoms with E-state index in [1.807, 2.05) is 13.8 Å². The number of aryl methyl sites for hydroxylation is 1. The second-order valence-electron chi connectivity index (χ2n) is 6.67. The van der Waals surface area contributed by atoms with E-state index in [1.54, 1.807) is 36.1 Å². The van der Waals surface area contributed by atoms with Crippen LogP contribution in [0.2, 0.25) is 0 Å². The van der Waals surface area contributed by atoms with Crippen molar-refractivity contribution in [3.8, 4) is 5.75 Å². The molecule has 1 aliphatic rings. The largest absolute Gasteiger partial charge is 0.485 e. The van der Waals surface area contributed by atoms with Crippen molar-refractivity contribution >= 4 is 11.9 Å². The lowest BCUT2D eigenvalue weighted by atomic mass is 10.2. The number of ether oxygens (including phenoxy) is 3. The van der Waals surface area contributed by atoms with E-state index in [-0.39, 0.29) is 31.3 Å². The smallest absolute Gasteiger partial charge is 0.338 e. The molecule has 1 fully saturated rings. The fraction of sp³-hybridized carbons (Fsp3) is 0.474. The minimum atomic E-state index is -0.567. The van der Waals surface area contributed by atoms with Gasteiger partial charge in [0, 0.05) is 20.0 Å². The van der Waals surface area contributed by atoms with E-state index >= 15 is 0 Å². The van der Waals surface area contributed by atoms with Gasteiger partial charge in [0.2, 0.25) is 11.7 Å². The molecule has 9 nitrogen and oxygen atoms in total. The van der Waals surface area contributed by atoms with Gasteiger partial charge in [0.05, 0.1) is 17.8 Å². The molecular weight excluding hydrogens is 366 g/mol. The number of hydrogen-bond acceptors (Lipinski definition) is 8. The average molecular weight is 389 g/mol. The Morgan fingerprint density at radius 3 is 2.46 bits per heavy atom. The number of rotatable bonds is 6. The molecule has 1 aromatic heterocycles. The van der Waals surface area contributed by atoms with Crippen LogP contribution in [0.3, 0.4) is 0 Å². The summed E-state index contributed by atoms with van der Waals surface area (Å²) in [6.07, 6.45) is -0.0698. The zero-order chi connectivity index (χ0) is 20.1. The van der Waals surface area contributed by atoms with Gasteiger partial charge in [0.1, 0.15) is 5.75 Å². The average Bonchev–Trinajstić information content (AvgIpc) is 3.09. The first-order valence-corrected chi connectivity index (χ1v) is 9.03. The first kappa shape index (κ1) is 19.8. The predicted molar refractivity (Wildman–Crippen MR) is 96.7 cm³/mol. The Balaban J connectivity index is 1.47. The van der Waals surface area contributed by atoms with Crippen LogP contribution in [0.1, 0.15) is 35.9 Å². The molecule has 9 heteroatoms. The molecule has 2 atom stereocenters. The van der Waals surface area contributed by atoms with Gasteiger partial charge in [-0.25, -0.2) is 4.79 Å². The lowest BCUT2D eigenvalue weighted by Gasteiger charge is -2.35. The monoisotopic (exact) mass is 389 g/mol. The van der Waals surface area contributed by atoms with E-state index in [0.717, 1.165) is 0 Å². The lowest BCUT2D eigenvalue weighted by Crippen LogP contribution is -2.49. The minimum Gasteiger partial charge on any atom is -0.485 e. The molecule has 0 bridgehead atoms. The third-order valence-electron chi connectivity index (χ3n) is 4.13. The molecule has 2 heterocycles. The molecule has 0 aliphatic carbocycles. The number of nitrogens with zero attached hydrogens (tertiary/aromatic N) is 3. The van der Waals surface area contributed by atoms with Crippen LogP contribution in [0, 0.1) is 6.92 Å². The molecule has 1 saturated heterocycles. The Morgan fingerprint density at radius 1 is 1.18 bits per heavy atom. The summed E-state index contributed by atoms with van der Waals surface area (Å²) in [5.74, 6) is 0.651. The fourth-order valence-electron chi connectivity index (χ4n) is 2.92. The van der Waals surface area contributed by atoms with Gasteiger partial charge in [-0.2, -0.15) is 4.98 Å². The van der Waals surface area contributed by atoms with Crippen molar-refractivity contribution in [1.29, 1.82) is 0 Å². The number of carbonyl (C=O) groups excluding carboxylic acids is 2. The van der Waals surface area contributed by atoms with Gasteiger partial charge < -0.3 is 23.6 Å². The summed E-state index contributed by atoms with van der Waals surface area (Å²) in [4.78, 5) is 30.1. The molecule has 0 radical (unpaired) electrons. The van der Waals surface area contributed by atoms with Crippen LogP contribution in [-0.2, 0) is 20.9 Å². The van der Waals surface area contributed by atoms with Gasteiger partial charge in [0.25, 0.3) is 5.91 Å². The Labute approximate surface area is 162 Å². The van der Waals surface area contributed by atoms with Crippen molar-refractivity contribution in [2.45, 2.75) is 39.6 Å². The molecule has 0 N–H and O–H groups in total. The predicted octanol–water partition coefficient (Wildman–Crippen LogP) is 1.75. The second kappa shape index (κ2) is 8.83. The normalized spacial score (nSPS) is 19.3. The summed E-state index contributed by atoms with van der Waals surface area (Å²) in [5, 5.41) is 3.74. The first-order valence-electron chi connectivity index (χ1n) is 9.03. The molecule has 150 valence electrons. The molecule has 28 heavy (non-hydrogen) atoms. The summed E-state index contributed by atoms with van der Waals surface area (Å²) in [7, 11) is 0. The number of hydrogen-bond donors (Lipinski definition) is 0. The van der Waals surface area contributed by atoms with Crippen LogP contribution in [0.25, 0.3) is 0 Å². The Bertz CT molecular complexity index is 809. The molecular formula is C19H23N3O6. The van der Waals surface area contributed by atoms with Crippen molar-refractivity contribution in [1.82, 2.24) is 15.0 Å². The highest BCUT2D eigenvalue weighted by Gasteiger charge is 2.26. The van der Waals surface area contributed by atoms with E-state index in [4.69, 9.17) is 18.7 Å². The Kier molecular flexibility index (Phi) is 6.25. The molecule has 2 unspecified atom stereocenters. The Morgan fingerprint density at radius 2 is 1.86 bits per heavy atom. The van der Waals surface area contributed by atoms with Crippen LogP contribution < -0.4 is 4.74 Å². The quantitative estimate of drug-likeness (QED) is 0.688. The Hall–Kier alpha value is -2.94. The summed E-state index contributed by atoms with van der Waals surface area (Å²) < 4.78 is 21.1. The van der Waals surface area contributed by atoms with E-state index in [9.17, 15) is 9.59 Å². The van der Waals surface area contributed by atoms with Crippen molar-refractivity contribution in [3.63, 3.8) is 0 Å². The summed E-state index contributed by atoms with van der Waals surface area (Å²) in [6, 6.07) is 6.42. The molecule has 3 rings (SSSR count). The van der Waals surface area contributed by atoms with Gasteiger partial charge in [-0.1, -0.05) is 5.16 Å². The van der Waals surface area contributed by atoms with E-state index < -0.39 is 5.97 Å². The lowest BCUT2D eigenvalue weighted by molar-refractivity contribution is -0.146. The summed E-state index contributed by atoms with van der Waals surface area (Å²) in [5.41, 5.74) is 0.333. The first-order chi connectivity index (χ1) is 13.4. The van der Waals surface area contributed by atoms with Crippen LogP contribution in [0.5, 0.6) is 5.75 Å². The number of morpholine rings is 1. The zero-order valence-electron chi connectivity index (χ0n) is 16.1. The van der Waals surface area contributed by atoms with Crippen LogP contribution >= 0.6 is 0 Å². The van der Waals surface area contributed by atoms with Crippen molar-refractivity contribution in [2.75, 3.05) is 19.7 Å². The number of benzene rings is 1. The van der Waals surface area contributed by atoms with E-state index in [1.165, 1.54) is 0 Å². The highest BCUT2D eigenvalue weighted by Crippen LogP contribution is 2.15. The van der Waals surface area contributed by atoms with E-state index in [2.05, 4.69) is 10.1 Å². The van der Waals surface area contributed by atoms with Gasteiger partial charge >= 0.3 is 5.97 Å². The van der Waals surface area contributed by atoms with Gasteiger partial charge in [-0.3, -0.25) is 4.79 Å². The molecule has 0 spiro atoms. The van der Waals surface area contributed by atoms with Crippen LogP contribution in [0.4, 0.5) is 0 Å². The maximum absolute atomic E-state index is 12.3. The molecule has 2 aromatic rings. The molecule has 1 aliphatic heterocycles. The van der Waals surface area contributed by atoms with Crippen molar-refractivity contribution in [3.05, 3.63) is 41.5 Å². The minimum absolute atomic E-state index is 0.0349. The van der Waals surface area contributed by atoms with Gasteiger partial charge in [0.15, 0.2) is 13.2 Å². The SMILES string of the molecule is Cc1nc(COc2ccc(C(=O)OCC(=O)N3CC(C)OC(C)C3)cc2)no1. The topological polar surface area (TPSA) is 104 Å². The molecule has 0 saturated carbocycles. The third kappa shape index (κ3) is 5.29. The third-order valence-corrected chi connectivity index (χ3v) is 4.13. The number of carbonyl (C=O) groups is 2. The van der Waals surface area contributed by atoms with Crippen molar-refractivity contribution in [2.24, 2.45) is 0 Å².